The number of carbonyl (C=O) groups is 1. The molecule has 2 heterocycles. The molecule has 0 radical (unpaired) electrons. The summed E-state index contributed by atoms with van der Waals surface area (Å²) in [6, 6.07) is 11.9. The van der Waals surface area contributed by atoms with Gasteiger partial charge in [0.2, 0.25) is 5.91 Å². The van der Waals surface area contributed by atoms with Crippen molar-refractivity contribution in [2.75, 3.05) is 4.90 Å². The lowest BCUT2D eigenvalue weighted by Gasteiger charge is -2.35. The van der Waals surface area contributed by atoms with Crippen LogP contribution >= 0.6 is 0 Å². The van der Waals surface area contributed by atoms with Crippen LogP contribution in [0.5, 0.6) is 11.8 Å². The van der Waals surface area contributed by atoms with Crippen LogP contribution in [0.1, 0.15) is 44.2 Å². The van der Waals surface area contributed by atoms with E-state index >= 15 is 0 Å². The molecule has 0 unspecified atom stereocenters. The number of ether oxygens (including phenoxy) is 1. The predicted octanol–water partition coefficient (Wildman–Crippen LogP) is 5.05. The van der Waals surface area contributed by atoms with Crippen LogP contribution in [-0.2, 0) is 11.2 Å². The Balaban J connectivity index is 1.63. The number of hydrogen-bond acceptors (Lipinski definition) is 6. The average molecular weight is 431 g/mol. The van der Waals surface area contributed by atoms with Gasteiger partial charge in [-0.1, -0.05) is 12.1 Å². The highest BCUT2D eigenvalue weighted by atomic mass is 16.6. The standard InChI is InChI=1S/C25H26N4O3/c1-15-7-10-20-22(29(15)16(2)30)12-11-19(17(13-26)14-27-18-8-9-18)24(20)32-25-28-21-5-3-4-6-23(21)31-25/h3-6,11-15,18,26-27H,7-10H2,1-2H3/b17-14+,26-13?/t15-/m0/s1. The van der Waals surface area contributed by atoms with Crippen molar-refractivity contribution >= 4 is 34.5 Å². The molecule has 5 rings (SSSR count). The lowest BCUT2D eigenvalue weighted by molar-refractivity contribution is -0.117. The molecule has 2 aliphatic rings. The van der Waals surface area contributed by atoms with Gasteiger partial charge in [-0.3, -0.25) is 4.79 Å². The molecule has 3 aromatic rings. The number of anilines is 1. The van der Waals surface area contributed by atoms with Crippen LogP contribution in [0.2, 0.25) is 0 Å². The fraction of sp³-hybridized carbons (Fsp3) is 0.320. The number of hydrogen-bond donors (Lipinski definition) is 2. The molecule has 1 aliphatic carbocycles. The minimum Gasteiger partial charge on any atom is -0.410 e. The van der Waals surface area contributed by atoms with Gasteiger partial charge >= 0.3 is 6.08 Å². The van der Waals surface area contributed by atoms with Crippen molar-refractivity contribution < 1.29 is 13.9 Å². The minimum absolute atomic E-state index is 0.00256. The normalized spacial score (nSPS) is 18.4. The van der Waals surface area contributed by atoms with Crippen molar-refractivity contribution in [2.45, 2.75) is 51.6 Å². The van der Waals surface area contributed by atoms with E-state index in [-0.39, 0.29) is 18.0 Å². The highest BCUT2D eigenvalue weighted by Gasteiger charge is 2.31. The zero-order chi connectivity index (χ0) is 22.2. The Labute approximate surface area is 186 Å². The largest absolute Gasteiger partial charge is 0.410 e. The Morgan fingerprint density at radius 3 is 2.78 bits per heavy atom. The second-order valence-electron chi connectivity index (χ2n) is 8.45. The van der Waals surface area contributed by atoms with Crippen molar-refractivity contribution in [3.05, 3.63) is 53.7 Å². The molecule has 0 spiro atoms. The average Bonchev–Trinajstić information content (AvgIpc) is 3.52. The first-order valence-electron chi connectivity index (χ1n) is 11.0. The van der Waals surface area contributed by atoms with Crippen LogP contribution in [0.25, 0.3) is 16.7 Å². The van der Waals surface area contributed by atoms with E-state index in [9.17, 15) is 4.79 Å². The fourth-order valence-electron chi connectivity index (χ4n) is 4.27. The smallest absolute Gasteiger partial charge is 0.400 e. The second-order valence-corrected chi connectivity index (χ2v) is 8.45. The zero-order valence-corrected chi connectivity index (χ0v) is 18.2. The summed E-state index contributed by atoms with van der Waals surface area (Å²) in [5.41, 5.74) is 4.60. The Kier molecular flexibility index (Phi) is 5.17. The molecule has 1 atom stereocenters. The molecule has 0 bridgehead atoms. The summed E-state index contributed by atoms with van der Waals surface area (Å²) in [7, 11) is 0. The van der Waals surface area contributed by atoms with Gasteiger partial charge in [-0.25, -0.2) is 0 Å². The molecule has 1 aliphatic heterocycles. The number of nitrogens with zero attached hydrogens (tertiary/aromatic N) is 2. The van der Waals surface area contributed by atoms with Gasteiger partial charge in [-0.15, -0.1) is 0 Å². The number of carbonyl (C=O) groups excluding carboxylic acids is 1. The summed E-state index contributed by atoms with van der Waals surface area (Å²) in [4.78, 5) is 18.7. The number of nitrogens with one attached hydrogen (secondary N) is 2. The number of allylic oxidation sites excluding steroid dienone is 1. The van der Waals surface area contributed by atoms with E-state index in [4.69, 9.17) is 14.6 Å². The first-order chi connectivity index (χ1) is 15.5. The van der Waals surface area contributed by atoms with Crippen LogP contribution in [0.3, 0.4) is 0 Å². The van der Waals surface area contributed by atoms with E-state index in [1.54, 1.807) is 6.92 Å². The summed E-state index contributed by atoms with van der Waals surface area (Å²) in [5, 5.41) is 11.4. The van der Waals surface area contributed by atoms with Gasteiger partial charge in [-0.2, -0.15) is 4.98 Å². The molecule has 1 fully saturated rings. The molecule has 2 N–H and O–H groups in total. The SMILES string of the molecule is CC(=O)N1c2ccc(/C(C=N)=C/NC3CC3)c(Oc3nc4ccccc4o3)c2CC[C@@H]1C. The van der Waals surface area contributed by atoms with Gasteiger partial charge in [0.05, 0.1) is 5.69 Å². The summed E-state index contributed by atoms with van der Waals surface area (Å²) in [5.74, 6) is 0.580. The van der Waals surface area contributed by atoms with Crippen LogP contribution in [-0.4, -0.2) is 29.2 Å². The van der Waals surface area contributed by atoms with Crippen molar-refractivity contribution in [3.63, 3.8) is 0 Å². The van der Waals surface area contributed by atoms with E-state index in [0.29, 0.717) is 28.5 Å². The third-order valence-corrected chi connectivity index (χ3v) is 6.07. The van der Waals surface area contributed by atoms with Crippen molar-refractivity contribution in [3.8, 4) is 11.8 Å². The van der Waals surface area contributed by atoms with Crippen molar-refractivity contribution in [1.82, 2.24) is 10.3 Å². The van der Waals surface area contributed by atoms with Gasteiger partial charge in [-0.05, 0) is 56.9 Å². The number of aromatic nitrogens is 1. The van der Waals surface area contributed by atoms with Crippen molar-refractivity contribution in [2.24, 2.45) is 0 Å². The number of benzene rings is 2. The molecule has 7 nitrogen and oxygen atoms in total. The molecular weight excluding hydrogens is 404 g/mol. The van der Waals surface area contributed by atoms with E-state index in [1.165, 1.54) is 6.21 Å². The fourth-order valence-corrected chi connectivity index (χ4v) is 4.27. The summed E-state index contributed by atoms with van der Waals surface area (Å²) >= 11 is 0. The maximum Gasteiger partial charge on any atom is 0.400 e. The highest BCUT2D eigenvalue weighted by Crippen LogP contribution is 2.43. The Morgan fingerprint density at radius 1 is 1.25 bits per heavy atom. The molecule has 1 aromatic heterocycles. The van der Waals surface area contributed by atoms with Gasteiger partial charge in [0.25, 0.3) is 0 Å². The number of oxazole rings is 1. The first kappa shape index (κ1) is 20.3. The third kappa shape index (κ3) is 3.75. The van der Waals surface area contributed by atoms with E-state index in [0.717, 1.165) is 42.5 Å². The van der Waals surface area contributed by atoms with Gasteiger partial charge in [0.15, 0.2) is 5.58 Å². The van der Waals surface area contributed by atoms with Gasteiger partial charge < -0.3 is 24.8 Å². The van der Waals surface area contributed by atoms with E-state index in [1.807, 2.05) is 47.5 Å². The Morgan fingerprint density at radius 2 is 2.06 bits per heavy atom. The molecule has 2 aromatic carbocycles. The molecular formula is C25H26N4O3. The third-order valence-electron chi connectivity index (χ3n) is 6.07. The molecule has 0 saturated heterocycles. The number of para-hydroxylation sites is 2. The van der Waals surface area contributed by atoms with Crippen LogP contribution in [0.4, 0.5) is 5.69 Å². The number of fused-ring (bicyclic) bond motifs is 2. The lowest BCUT2D eigenvalue weighted by Crippen LogP contribution is -2.40. The molecule has 7 heteroatoms. The topological polar surface area (TPSA) is 91.5 Å². The molecule has 164 valence electrons. The molecule has 1 saturated carbocycles. The van der Waals surface area contributed by atoms with E-state index < -0.39 is 0 Å². The Bertz CT molecular complexity index is 1190. The second kappa shape index (κ2) is 8.15. The molecule has 1 amide bonds. The maximum atomic E-state index is 12.4. The summed E-state index contributed by atoms with van der Waals surface area (Å²) < 4.78 is 12.1. The molecule has 32 heavy (non-hydrogen) atoms. The number of rotatable bonds is 6. The van der Waals surface area contributed by atoms with Gasteiger partial charge in [0.1, 0.15) is 11.3 Å². The Hall–Kier alpha value is -3.61. The zero-order valence-electron chi connectivity index (χ0n) is 18.2. The monoisotopic (exact) mass is 430 g/mol. The quantitative estimate of drug-likeness (QED) is 0.534. The highest BCUT2D eigenvalue weighted by molar-refractivity contribution is 6.10. The predicted molar refractivity (Wildman–Crippen MR) is 124 cm³/mol. The van der Waals surface area contributed by atoms with E-state index in [2.05, 4.69) is 17.2 Å². The summed E-state index contributed by atoms with van der Waals surface area (Å²) in [6.45, 7) is 3.64. The van der Waals surface area contributed by atoms with Crippen LogP contribution < -0.4 is 15.0 Å². The van der Waals surface area contributed by atoms with Crippen molar-refractivity contribution in [1.29, 1.82) is 5.41 Å². The summed E-state index contributed by atoms with van der Waals surface area (Å²) in [6.07, 6.45) is 7.21. The van der Waals surface area contributed by atoms with Crippen LogP contribution in [0, 0.1) is 5.41 Å². The lowest BCUT2D eigenvalue weighted by atomic mass is 9.92. The number of amides is 1. The maximum absolute atomic E-state index is 12.4. The van der Waals surface area contributed by atoms with Gasteiger partial charge in [0, 0.05) is 48.1 Å². The first-order valence-corrected chi connectivity index (χ1v) is 11.0. The van der Waals surface area contributed by atoms with Crippen LogP contribution in [0.15, 0.2) is 47.0 Å². The minimum atomic E-state index is -0.00256.